The van der Waals surface area contributed by atoms with Crippen molar-refractivity contribution in [3.8, 4) is 0 Å². The van der Waals surface area contributed by atoms with Crippen molar-refractivity contribution in [3.05, 3.63) is 0 Å². The minimum atomic E-state index is -0.810. The number of carbonyl (C=O) groups excluding carboxylic acids is 1. The number of amides is 2. The Morgan fingerprint density at radius 2 is 2.06 bits per heavy atom. The molecule has 5 nitrogen and oxygen atoms in total. The van der Waals surface area contributed by atoms with Gasteiger partial charge in [-0.05, 0) is 18.3 Å². The van der Waals surface area contributed by atoms with Gasteiger partial charge in [-0.1, -0.05) is 20.8 Å². The molecular formula is C12H22N2O3. The molecule has 1 saturated heterocycles. The maximum atomic E-state index is 11.7. The van der Waals surface area contributed by atoms with Crippen LogP contribution in [0.2, 0.25) is 0 Å². The van der Waals surface area contributed by atoms with Crippen LogP contribution in [0.3, 0.4) is 0 Å². The van der Waals surface area contributed by atoms with Gasteiger partial charge in [-0.15, -0.1) is 0 Å². The molecule has 1 rings (SSSR count). The van der Waals surface area contributed by atoms with E-state index in [4.69, 9.17) is 5.11 Å². The van der Waals surface area contributed by atoms with E-state index in [1.54, 1.807) is 4.90 Å². The number of carboxylic acid groups (broad SMARTS) is 1. The van der Waals surface area contributed by atoms with Crippen LogP contribution in [0.4, 0.5) is 4.79 Å². The van der Waals surface area contributed by atoms with Crippen LogP contribution in [0.15, 0.2) is 0 Å². The van der Waals surface area contributed by atoms with Crippen molar-refractivity contribution in [2.24, 2.45) is 11.3 Å². The molecule has 98 valence electrons. The molecule has 0 aliphatic carbocycles. The Labute approximate surface area is 102 Å². The lowest BCUT2D eigenvalue weighted by molar-refractivity contribution is -0.141. The summed E-state index contributed by atoms with van der Waals surface area (Å²) < 4.78 is 0. The molecule has 17 heavy (non-hydrogen) atoms. The van der Waals surface area contributed by atoms with Crippen LogP contribution < -0.4 is 5.32 Å². The van der Waals surface area contributed by atoms with Gasteiger partial charge in [0.1, 0.15) is 0 Å². The minimum absolute atomic E-state index is 0.141. The Balaban J connectivity index is 2.28. The highest BCUT2D eigenvalue weighted by atomic mass is 16.4. The van der Waals surface area contributed by atoms with Crippen LogP contribution in [0, 0.1) is 11.3 Å². The summed E-state index contributed by atoms with van der Waals surface area (Å²) in [5.41, 5.74) is 0.196. The largest absolute Gasteiger partial charge is 0.481 e. The molecule has 0 aromatic heterocycles. The smallest absolute Gasteiger partial charge is 0.317 e. The lowest BCUT2D eigenvalue weighted by Crippen LogP contribution is -2.40. The Bertz CT molecular complexity index is 297. The second-order valence-electron chi connectivity index (χ2n) is 5.81. The van der Waals surface area contributed by atoms with E-state index in [-0.39, 0.29) is 11.4 Å². The van der Waals surface area contributed by atoms with Gasteiger partial charge in [0.2, 0.25) is 0 Å². The monoisotopic (exact) mass is 242 g/mol. The van der Waals surface area contributed by atoms with Gasteiger partial charge >= 0.3 is 12.0 Å². The average Bonchev–Trinajstić information content (AvgIpc) is 2.63. The molecule has 0 aromatic carbocycles. The van der Waals surface area contributed by atoms with Gasteiger partial charge in [0.25, 0.3) is 0 Å². The summed E-state index contributed by atoms with van der Waals surface area (Å²) in [6.45, 7) is 7.87. The van der Waals surface area contributed by atoms with Crippen molar-refractivity contribution in [2.45, 2.75) is 33.6 Å². The zero-order chi connectivity index (χ0) is 13.1. The van der Waals surface area contributed by atoms with Crippen LogP contribution in [0.1, 0.15) is 33.6 Å². The molecule has 2 amide bonds. The van der Waals surface area contributed by atoms with Crippen molar-refractivity contribution in [2.75, 3.05) is 19.6 Å². The molecule has 0 bridgehead atoms. The van der Waals surface area contributed by atoms with Gasteiger partial charge in [0.15, 0.2) is 0 Å². The summed E-state index contributed by atoms with van der Waals surface area (Å²) in [5, 5.41) is 11.7. The van der Waals surface area contributed by atoms with Gasteiger partial charge in [-0.3, -0.25) is 4.79 Å². The quantitative estimate of drug-likeness (QED) is 0.788. The summed E-state index contributed by atoms with van der Waals surface area (Å²) in [6, 6.07) is -0.141. The molecular weight excluding hydrogens is 220 g/mol. The van der Waals surface area contributed by atoms with Crippen molar-refractivity contribution in [1.29, 1.82) is 0 Å². The Morgan fingerprint density at radius 1 is 1.41 bits per heavy atom. The molecule has 1 unspecified atom stereocenters. The number of rotatable bonds is 3. The highest BCUT2D eigenvalue weighted by Gasteiger charge is 2.30. The molecule has 0 aromatic rings. The molecule has 1 aliphatic heterocycles. The number of carboxylic acids is 1. The summed E-state index contributed by atoms with van der Waals surface area (Å²) in [4.78, 5) is 24.1. The average molecular weight is 242 g/mol. The number of hydrogen-bond acceptors (Lipinski definition) is 2. The molecule has 0 saturated carbocycles. The highest BCUT2D eigenvalue weighted by Crippen LogP contribution is 2.18. The first-order valence-corrected chi connectivity index (χ1v) is 6.05. The molecule has 1 fully saturated rings. The fraction of sp³-hybridized carbons (Fsp3) is 0.833. The van der Waals surface area contributed by atoms with Crippen LogP contribution in [0.25, 0.3) is 0 Å². The maximum Gasteiger partial charge on any atom is 0.317 e. The lowest BCUT2D eigenvalue weighted by atomic mass is 9.92. The van der Waals surface area contributed by atoms with E-state index in [9.17, 15) is 9.59 Å². The lowest BCUT2D eigenvalue weighted by Gasteiger charge is -2.21. The SMILES string of the molecule is CC(C)(C)CCNC(=O)N1CCC(C(=O)O)C1. The fourth-order valence-corrected chi connectivity index (χ4v) is 1.80. The second kappa shape index (κ2) is 5.38. The first kappa shape index (κ1) is 13.8. The summed E-state index contributed by atoms with van der Waals surface area (Å²) in [6.07, 6.45) is 1.47. The molecule has 0 radical (unpaired) electrons. The Hall–Kier alpha value is -1.26. The van der Waals surface area contributed by atoms with E-state index >= 15 is 0 Å². The predicted molar refractivity (Wildman–Crippen MR) is 64.8 cm³/mol. The first-order valence-electron chi connectivity index (χ1n) is 6.05. The summed E-state index contributed by atoms with van der Waals surface area (Å²) in [5.74, 6) is -1.21. The zero-order valence-electron chi connectivity index (χ0n) is 10.8. The first-order chi connectivity index (χ1) is 7.79. The summed E-state index contributed by atoms with van der Waals surface area (Å²) >= 11 is 0. The Morgan fingerprint density at radius 3 is 2.53 bits per heavy atom. The van der Waals surface area contributed by atoms with Gasteiger partial charge in [-0.25, -0.2) is 4.79 Å². The van der Waals surface area contributed by atoms with Crippen LogP contribution in [-0.4, -0.2) is 41.6 Å². The van der Waals surface area contributed by atoms with E-state index in [0.717, 1.165) is 6.42 Å². The van der Waals surface area contributed by atoms with Crippen molar-refractivity contribution in [3.63, 3.8) is 0 Å². The van der Waals surface area contributed by atoms with E-state index in [0.29, 0.717) is 26.1 Å². The van der Waals surface area contributed by atoms with Crippen molar-refractivity contribution >= 4 is 12.0 Å². The van der Waals surface area contributed by atoms with Crippen LogP contribution in [0.5, 0.6) is 0 Å². The van der Waals surface area contributed by atoms with Gasteiger partial charge in [0, 0.05) is 19.6 Å². The second-order valence-corrected chi connectivity index (χ2v) is 5.81. The maximum absolute atomic E-state index is 11.7. The van der Waals surface area contributed by atoms with Gasteiger partial charge in [0.05, 0.1) is 5.92 Å². The number of aliphatic carboxylic acids is 1. The fourth-order valence-electron chi connectivity index (χ4n) is 1.80. The van der Waals surface area contributed by atoms with Gasteiger partial charge < -0.3 is 15.3 Å². The zero-order valence-corrected chi connectivity index (χ0v) is 10.8. The molecule has 1 heterocycles. The predicted octanol–water partition coefficient (Wildman–Crippen LogP) is 1.54. The van der Waals surface area contributed by atoms with Crippen molar-refractivity contribution < 1.29 is 14.7 Å². The van der Waals surface area contributed by atoms with E-state index < -0.39 is 11.9 Å². The number of urea groups is 1. The number of nitrogens with zero attached hydrogens (tertiary/aromatic N) is 1. The number of nitrogens with one attached hydrogen (secondary N) is 1. The third kappa shape index (κ3) is 4.63. The van der Waals surface area contributed by atoms with Crippen LogP contribution >= 0.6 is 0 Å². The minimum Gasteiger partial charge on any atom is -0.481 e. The number of hydrogen-bond donors (Lipinski definition) is 2. The number of likely N-dealkylation sites (tertiary alicyclic amines) is 1. The normalized spacial score (nSPS) is 20.4. The Kier molecular flexibility index (Phi) is 4.37. The number of carbonyl (C=O) groups is 2. The highest BCUT2D eigenvalue weighted by molar-refractivity contribution is 5.77. The van der Waals surface area contributed by atoms with E-state index in [2.05, 4.69) is 26.1 Å². The van der Waals surface area contributed by atoms with Gasteiger partial charge in [-0.2, -0.15) is 0 Å². The molecule has 1 aliphatic rings. The topological polar surface area (TPSA) is 69.6 Å². The molecule has 1 atom stereocenters. The summed E-state index contributed by atoms with van der Waals surface area (Å²) in [7, 11) is 0. The molecule has 2 N–H and O–H groups in total. The molecule has 0 spiro atoms. The van der Waals surface area contributed by atoms with E-state index in [1.165, 1.54) is 0 Å². The van der Waals surface area contributed by atoms with Crippen molar-refractivity contribution in [1.82, 2.24) is 10.2 Å². The third-order valence-corrected chi connectivity index (χ3v) is 2.98. The van der Waals surface area contributed by atoms with Crippen LogP contribution in [-0.2, 0) is 4.79 Å². The van der Waals surface area contributed by atoms with E-state index in [1.807, 2.05) is 0 Å². The molecule has 5 heteroatoms. The third-order valence-electron chi connectivity index (χ3n) is 2.98. The standard InChI is InChI=1S/C12H22N2O3/c1-12(2,3)5-6-13-11(17)14-7-4-9(8-14)10(15)16/h9H,4-8H2,1-3H3,(H,13,17)(H,15,16).